The second-order valence-corrected chi connectivity index (χ2v) is 4.86. The van der Waals surface area contributed by atoms with Crippen molar-refractivity contribution in [3.05, 3.63) is 35.4 Å². The molecule has 1 aromatic carbocycles. The van der Waals surface area contributed by atoms with Gasteiger partial charge in [-0.15, -0.1) is 0 Å². The summed E-state index contributed by atoms with van der Waals surface area (Å²) < 4.78 is 0. The predicted molar refractivity (Wildman–Crippen MR) is 69.6 cm³/mol. The maximum absolute atomic E-state index is 2.61. The zero-order valence-electron chi connectivity index (χ0n) is 10.4. The van der Waals surface area contributed by atoms with Crippen LogP contribution in [0.5, 0.6) is 0 Å². The molecule has 2 rings (SSSR count). The Hall–Kier alpha value is -0.820. The van der Waals surface area contributed by atoms with Crippen molar-refractivity contribution in [2.75, 3.05) is 13.1 Å². The Kier molecular flexibility index (Phi) is 4.41. The average Bonchev–Trinajstić information content (AvgIpc) is 2.34. The first kappa shape index (κ1) is 11.7. The standard InChI is InChI=1S/C15H23N/c1-2-3-4-7-11-16-12-10-14-8-5-6-9-15(14)13-16/h5-6,8-9H,2-4,7,10-13H2,1H3. The van der Waals surface area contributed by atoms with E-state index >= 15 is 0 Å². The van der Waals surface area contributed by atoms with E-state index in [0.717, 1.165) is 0 Å². The Balaban J connectivity index is 1.79. The molecule has 1 aliphatic rings. The molecule has 0 aromatic heterocycles. The van der Waals surface area contributed by atoms with E-state index < -0.39 is 0 Å². The third-order valence-electron chi connectivity index (χ3n) is 3.54. The third-order valence-corrected chi connectivity index (χ3v) is 3.54. The highest BCUT2D eigenvalue weighted by Gasteiger charge is 2.14. The summed E-state index contributed by atoms with van der Waals surface area (Å²) in [6.07, 6.45) is 6.74. The second kappa shape index (κ2) is 6.05. The molecular weight excluding hydrogens is 194 g/mol. The van der Waals surface area contributed by atoms with Crippen LogP contribution in [0.25, 0.3) is 0 Å². The normalized spacial score (nSPS) is 16.1. The molecule has 0 saturated heterocycles. The molecule has 0 spiro atoms. The topological polar surface area (TPSA) is 3.24 Å². The molecule has 88 valence electrons. The van der Waals surface area contributed by atoms with E-state index in [-0.39, 0.29) is 0 Å². The molecule has 0 aliphatic carbocycles. The highest BCUT2D eigenvalue weighted by molar-refractivity contribution is 5.28. The summed E-state index contributed by atoms with van der Waals surface area (Å²) in [6, 6.07) is 8.90. The lowest BCUT2D eigenvalue weighted by Crippen LogP contribution is -2.31. The Labute approximate surface area is 99.5 Å². The van der Waals surface area contributed by atoms with Crippen LogP contribution in [0.2, 0.25) is 0 Å². The number of hydrogen-bond donors (Lipinski definition) is 0. The first-order chi connectivity index (χ1) is 7.90. The summed E-state index contributed by atoms with van der Waals surface area (Å²) in [5.74, 6) is 0. The van der Waals surface area contributed by atoms with Gasteiger partial charge in [-0.1, -0.05) is 50.5 Å². The maximum atomic E-state index is 2.61. The first-order valence-electron chi connectivity index (χ1n) is 6.69. The lowest BCUT2D eigenvalue weighted by Gasteiger charge is -2.28. The van der Waals surface area contributed by atoms with Gasteiger partial charge in [-0.05, 0) is 30.5 Å². The van der Waals surface area contributed by atoms with Crippen molar-refractivity contribution in [1.82, 2.24) is 4.90 Å². The van der Waals surface area contributed by atoms with Gasteiger partial charge >= 0.3 is 0 Å². The Morgan fingerprint density at radius 1 is 1.06 bits per heavy atom. The van der Waals surface area contributed by atoms with Gasteiger partial charge in [-0.3, -0.25) is 4.90 Å². The summed E-state index contributed by atoms with van der Waals surface area (Å²) in [4.78, 5) is 2.61. The summed E-state index contributed by atoms with van der Waals surface area (Å²) in [5, 5.41) is 0. The summed E-state index contributed by atoms with van der Waals surface area (Å²) in [7, 11) is 0. The van der Waals surface area contributed by atoms with Crippen molar-refractivity contribution < 1.29 is 0 Å². The van der Waals surface area contributed by atoms with Gasteiger partial charge in [0.25, 0.3) is 0 Å². The van der Waals surface area contributed by atoms with E-state index in [1.807, 2.05) is 0 Å². The molecule has 0 radical (unpaired) electrons. The molecule has 0 saturated carbocycles. The monoisotopic (exact) mass is 217 g/mol. The fourth-order valence-electron chi connectivity index (χ4n) is 2.51. The van der Waals surface area contributed by atoms with Crippen LogP contribution in [0, 0.1) is 0 Å². The number of fused-ring (bicyclic) bond motifs is 1. The molecule has 0 atom stereocenters. The van der Waals surface area contributed by atoms with E-state index in [2.05, 4.69) is 36.1 Å². The quantitative estimate of drug-likeness (QED) is 0.681. The number of benzene rings is 1. The SMILES string of the molecule is CCCCCCN1CCc2ccccc2C1. The molecule has 1 aliphatic heterocycles. The fraction of sp³-hybridized carbons (Fsp3) is 0.600. The minimum atomic E-state index is 1.17. The second-order valence-electron chi connectivity index (χ2n) is 4.86. The molecule has 0 bridgehead atoms. The number of nitrogens with zero attached hydrogens (tertiary/aromatic N) is 1. The van der Waals surface area contributed by atoms with E-state index in [9.17, 15) is 0 Å². The molecule has 0 N–H and O–H groups in total. The van der Waals surface area contributed by atoms with Gasteiger partial charge in [-0.2, -0.15) is 0 Å². The highest BCUT2D eigenvalue weighted by atomic mass is 15.1. The Morgan fingerprint density at radius 3 is 2.69 bits per heavy atom. The third kappa shape index (κ3) is 3.08. The molecule has 0 amide bonds. The summed E-state index contributed by atoms with van der Waals surface area (Å²) >= 11 is 0. The van der Waals surface area contributed by atoms with Crippen LogP contribution in [0.15, 0.2) is 24.3 Å². The zero-order valence-corrected chi connectivity index (χ0v) is 10.4. The van der Waals surface area contributed by atoms with Crippen LogP contribution in [0.1, 0.15) is 43.7 Å². The van der Waals surface area contributed by atoms with Crippen molar-refractivity contribution >= 4 is 0 Å². The van der Waals surface area contributed by atoms with Gasteiger partial charge in [0.1, 0.15) is 0 Å². The van der Waals surface area contributed by atoms with Crippen LogP contribution >= 0.6 is 0 Å². The van der Waals surface area contributed by atoms with Gasteiger partial charge in [0.15, 0.2) is 0 Å². The Morgan fingerprint density at radius 2 is 1.88 bits per heavy atom. The first-order valence-corrected chi connectivity index (χ1v) is 6.69. The molecule has 1 nitrogen and oxygen atoms in total. The van der Waals surface area contributed by atoms with Gasteiger partial charge < -0.3 is 0 Å². The highest BCUT2D eigenvalue weighted by Crippen LogP contribution is 2.18. The minimum Gasteiger partial charge on any atom is -0.299 e. The lowest BCUT2D eigenvalue weighted by atomic mass is 10.00. The summed E-state index contributed by atoms with van der Waals surface area (Å²) in [5.41, 5.74) is 3.11. The maximum Gasteiger partial charge on any atom is 0.0236 e. The minimum absolute atomic E-state index is 1.17. The van der Waals surface area contributed by atoms with Gasteiger partial charge in [0, 0.05) is 13.1 Å². The van der Waals surface area contributed by atoms with Crippen LogP contribution in [-0.2, 0) is 13.0 Å². The van der Waals surface area contributed by atoms with Crippen molar-refractivity contribution in [3.8, 4) is 0 Å². The average molecular weight is 217 g/mol. The van der Waals surface area contributed by atoms with Crippen LogP contribution < -0.4 is 0 Å². The molecule has 1 heterocycles. The van der Waals surface area contributed by atoms with E-state index in [0.29, 0.717) is 0 Å². The summed E-state index contributed by atoms with van der Waals surface area (Å²) in [6.45, 7) is 5.98. The molecule has 0 fully saturated rings. The molecule has 1 heteroatoms. The fourth-order valence-corrected chi connectivity index (χ4v) is 2.51. The molecule has 16 heavy (non-hydrogen) atoms. The van der Waals surface area contributed by atoms with Gasteiger partial charge in [0.2, 0.25) is 0 Å². The number of unbranched alkanes of at least 4 members (excludes halogenated alkanes) is 3. The smallest absolute Gasteiger partial charge is 0.0236 e. The van der Waals surface area contributed by atoms with Crippen molar-refractivity contribution in [3.63, 3.8) is 0 Å². The largest absolute Gasteiger partial charge is 0.299 e. The van der Waals surface area contributed by atoms with Crippen LogP contribution in [-0.4, -0.2) is 18.0 Å². The van der Waals surface area contributed by atoms with Crippen molar-refractivity contribution in [2.45, 2.75) is 45.6 Å². The van der Waals surface area contributed by atoms with Crippen LogP contribution in [0.3, 0.4) is 0 Å². The van der Waals surface area contributed by atoms with Crippen molar-refractivity contribution in [2.24, 2.45) is 0 Å². The van der Waals surface area contributed by atoms with Gasteiger partial charge in [-0.25, -0.2) is 0 Å². The van der Waals surface area contributed by atoms with Crippen molar-refractivity contribution in [1.29, 1.82) is 0 Å². The van der Waals surface area contributed by atoms with Crippen LogP contribution in [0.4, 0.5) is 0 Å². The van der Waals surface area contributed by atoms with E-state index in [1.165, 1.54) is 51.7 Å². The number of hydrogen-bond acceptors (Lipinski definition) is 1. The number of rotatable bonds is 5. The lowest BCUT2D eigenvalue weighted by molar-refractivity contribution is 0.248. The zero-order chi connectivity index (χ0) is 11.2. The molecular formula is C15H23N. The van der Waals surface area contributed by atoms with E-state index in [1.54, 1.807) is 11.1 Å². The predicted octanol–water partition coefficient (Wildman–Crippen LogP) is 3.63. The molecule has 0 unspecified atom stereocenters. The molecule has 1 aromatic rings. The Bertz CT molecular complexity index is 319. The van der Waals surface area contributed by atoms with E-state index in [4.69, 9.17) is 0 Å². The van der Waals surface area contributed by atoms with Gasteiger partial charge in [0.05, 0.1) is 0 Å².